The van der Waals surface area contributed by atoms with Gasteiger partial charge in [-0.2, -0.15) is 0 Å². The summed E-state index contributed by atoms with van der Waals surface area (Å²) in [6.07, 6.45) is 1.60. The Hall–Kier alpha value is -1.85. The van der Waals surface area contributed by atoms with E-state index in [4.69, 9.17) is 4.74 Å². The van der Waals surface area contributed by atoms with Gasteiger partial charge in [0.05, 0.1) is 0 Å². The van der Waals surface area contributed by atoms with Crippen molar-refractivity contribution in [2.45, 2.75) is 19.8 Å². The van der Waals surface area contributed by atoms with Crippen LogP contribution in [0.3, 0.4) is 0 Å². The zero-order chi connectivity index (χ0) is 16.9. The number of hydrogen-bond donors (Lipinski definition) is 2. The first-order chi connectivity index (χ1) is 11.6. The van der Waals surface area contributed by atoms with Gasteiger partial charge in [0, 0.05) is 40.7 Å². The molecule has 1 aliphatic heterocycles. The highest BCUT2D eigenvalue weighted by atomic mass is 79.9. The highest BCUT2D eigenvalue weighted by Crippen LogP contribution is 2.24. The lowest BCUT2D eigenvalue weighted by Gasteiger charge is -2.21. The largest absolute Gasteiger partial charge is 0.381 e. The van der Waals surface area contributed by atoms with Crippen LogP contribution >= 0.6 is 15.9 Å². The third kappa shape index (κ3) is 4.36. The number of nitrogens with one attached hydrogen (secondary N) is 2. The van der Waals surface area contributed by atoms with Gasteiger partial charge < -0.3 is 15.4 Å². The lowest BCUT2D eigenvalue weighted by atomic mass is 9.99. The minimum atomic E-state index is 0.0577. The van der Waals surface area contributed by atoms with E-state index in [1.54, 1.807) is 0 Å². The standard InChI is InChI=1S/C19H21BrN2O2/c1-13-12-17(6-7-18(13)20)21-15-2-4-16(5-3-15)22-19(23)14-8-10-24-11-9-14/h2-7,12,14,21H,8-11H2,1H3,(H,22,23). The van der Waals surface area contributed by atoms with Crippen molar-refractivity contribution in [1.29, 1.82) is 0 Å². The van der Waals surface area contributed by atoms with Crippen molar-refractivity contribution in [3.8, 4) is 0 Å². The highest BCUT2D eigenvalue weighted by Gasteiger charge is 2.21. The molecular formula is C19H21BrN2O2. The first kappa shape index (κ1) is 17.0. The fourth-order valence-corrected chi connectivity index (χ4v) is 2.98. The monoisotopic (exact) mass is 388 g/mol. The first-order valence-electron chi connectivity index (χ1n) is 8.14. The Morgan fingerprint density at radius 1 is 1.04 bits per heavy atom. The Balaban J connectivity index is 1.60. The second kappa shape index (κ2) is 7.81. The second-order valence-electron chi connectivity index (χ2n) is 6.04. The number of benzene rings is 2. The van der Waals surface area contributed by atoms with Gasteiger partial charge in [-0.15, -0.1) is 0 Å². The summed E-state index contributed by atoms with van der Waals surface area (Å²) < 4.78 is 6.39. The lowest BCUT2D eigenvalue weighted by Crippen LogP contribution is -2.28. The van der Waals surface area contributed by atoms with E-state index in [1.807, 2.05) is 36.4 Å². The fraction of sp³-hybridized carbons (Fsp3) is 0.316. The minimum Gasteiger partial charge on any atom is -0.381 e. The molecular weight excluding hydrogens is 368 g/mol. The fourth-order valence-electron chi connectivity index (χ4n) is 2.73. The SMILES string of the molecule is Cc1cc(Nc2ccc(NC(=O)C3CCOCC3)cc2)ccc1Br. The Morgan fingerprint density at radius 2 is 1.67 bits per heavy atom. The van der Waals surface area contributed by atoms with Gasteiger partial charge in [0.2, 0.25) is 5.91 Å². The van der Waals surface area contributed by atoms with Gasteiger partial charge >= 0.3 is 0 Å². The molecule has 0 atom stereocenters. The van der Waals surface area contributed by atoms with Crippen molar-refractivity contribution in [2.24, 2.45) is 5.92 Å². The van der Waals surface area contributed by atoms with Crippen molar-refractivity contribution < 1.29 is 9.53 Å². The van der Waals surface area contributed by atoms with Crippen molar-refractivity contribution in [3.05, 3.63) is 52.5 Å². The maximum atomic E-state index is 12.2. The molecule has 0 bridgehead atoms. The van der Waals surface area contributed by atoms with Gasteiger partial charge in [0.25, 0.3) is 0 Å². The second-order valence-corrected chi connectivity index (χ2v) is 6.90. The summed E-state index contributed by atoms with van der Waals surface area (Å²) in [6.45, 7) is 3.41. The Morgan fingerprint density at radius 3 is 2.33 bits per heavy atom. The summed E-state index contributed by atoms with van der Waals surface area (Å²) in [4.78, 5) is 12.2. The van der Waals surface area contributed by atoms with Crippen molar-refractivity contribution >= 4 is 38.9 Å². The summed E-state index contributed by atoms with van der Waals surface area (Å²) in [5, 5.41) is 6.36. The van der Waals surface area contributed by atoms with Crippen molar-refractivity contribution in [1.82, 2.24) is 0 Å². The van der Waals surface area contributed by atoms with Gasteiger partial charge in [-0.3, -0.25) is 4.79 Å². The van der Waals surface area contributed by atoms with Gasteiger partial charge in [0.15, 0.2) is 0 Å². The summed E-state index contributed by atoms with van der Waals surface area (Å²) in [6, 6.07) is 13.9. The molecule has 5 heteroatoms. The van der Waals surface area contributed by atoms with Gasteiger partial charge in [-0.05, 0) is 67.8 Å². The molecule has 0 spiro atoms. The highest BCUT2D eigenvalue weighted by molar-refractivity contribution is 9.10. The topological polar surface area (TPSA) is 50.4 Å². The van der Waals surface area contributed by atoms with Gasteiger partial charge in [-0.25, -0.2) is 0 Å². The third-order valence-electron chi connectivity index (χ3n) is 4.19. The van der Waals surface area contributed by atoms with Gasteiger partial charge in [-0.1, -0.05) is 15.9 Å². The third-order valence-corrected chi connectivity index (χ3v) is 5.08. The molecule has 2 N–H and O–H groups in total. The van der Waals surface area contributed by atoms with E-state index >= 15 is 0 Å². The van der Waals surface area contributed by atoms with Crippen LogP contribution in [0.4, 0.5) is 17.1 Å². The van der Waals surface area contributed by atoms with Gasteiger partial charge in [0.1, 0.15) is 0 Å². The molecule has 0 saturated carbocycles. The van der Waals surface area contributed by atoms with E-state index < -0.39 is 0 Å². The van der Waals surface area contributed by atoms with E-state index in [-0.39, 0.29) is 11.8 Å². The smallest absolute Gasteiger partial charge is 0.227 e. The molecule has 0 radical (unpaired) electrons. The molecule has 4 nitrogen and oxygen atoms in total. The molecule has 0 aromatic heterocycles. The Bertz CT molecular complexity index is 710. The molecule has 24 heavy (non-hydrogen) atoms. The maximum Gasteiger partial charge on any atom is 0.227 e. The van der Waals surface area contributed by atoms with E-state index in [0.29, 0.717) is 13.2 Å². The molecule has 1 aliphatic rings. The number of carbonyl (C=O) groups is 1. The van der Waals surface area contributed by atoms with Crippen LogP contribution in [0.1, 0.15) is 18.4 Å². The zero-order valence-corrected chi connectivity index (χ0v) is 15.2. The average molecular weight is 389 g/mol. The molecule has 2 aromatic rings. The maximum absolute atomic E-state index is 12.2. The number of halogens is 1. The Kier molecular flexibility index (Phi) is 5.53. The average Bonchev–Trinajstić information content (AvgIpc) is 2.61. The molecule has 1 fully saturated rings. The molecule has 0 unspecified atom stereocenters. The van der Waals surface area contributed by atoms with E-state index in [2.05, 4.69) is 39.6 Å². The van der Waals surface area contributed by atoms with Crippen LogP contribution in [-0.4, -0.2) is 19.1 Å². The molecule has 1 saturated heterocycles. The van der Waals surface area contributed by atoms with E-state index in [1.165, 1.54) is 5.56 Å². The van der Waals surface area contributed by atoms with E-state index in [0.717, 1.165) is 34.4 Å². The number of amides is 1. The summed E-state index contributed by atoms with van der Waals surface area (Å²) in [7, 11) is 0. The number of hydrogen-bond acceptors (Lipinski definition) is 3. The normalized spacial score (nSPS) is 15.1. The number of anilines is 3. The predicted octanol–water partition coefficient (Wildman–Crippen LogP) is 4.87. The summed E-state index contributed by atoms with van der Waals surface area (Å²) in [5.41, 5.74) is 4.03. The summed E-state index contributed by atoms with van der Waals surface area (Å²) in [5.74, 6) is 0.143. The summed E-state index contributed by atoms with van der Waals surface area (Å²) >= 11 is 3.50. The molecule has 126 valence electrons. The number of rotatable bonds is 4. The molecule has 1 heterocycles. The van der Waals surface area contributed by atoms with Crippen LogP contribution in [0.15, 0.2) is 46.9 Å². The van der Waals surface area contributed by atoms with Crippen LogP contribution in [-0.2, 0) is 9.53 Å². The lowest BCUT2D eigenvalue weighted by molar-refractivity contribution is -0.122. The number of carbonyl (C=O) groups excluding carboxylic acids is 1. The van der Waals surface area contributed by atoms with Crippen LogP contribution in [0.25, 0.3) is 0 Å². The van der Waals surface area contributed by atoms with E-state index in [9.17, 15) is 4.79 Å². The van der Waals surface area contributed by atoms with Crippen LogP contribution < -0.4 is 10.6 Å². The van der Waals surface area contributed by atoms with Crippen LogP contribution in [0.5, 0.6) is 0 Å². The molecule has 1 amide bonds. The first-order valence-corrected chi connectivity index (χ1v) is 8.93. The minimum absolute atomic E-state index is 0.0577. The molecule has 0 aliphatic carbocycles. The number of ether oxygens (including phenoxy) is 1. The molecule has 3 rings (SSSR count). The van der Waals surface area contributed by atoms with Crippen molar-refractivity contribution in [3.63, 3.8) is 0 Å². The zero-order valence-electron chi connectivity index (χ0n) is 13.6. The van der Waals surface area contributed by atoms with Crippen LogP contribution in [0.2, 0.25) is 0 Å². The van der Waals surface area contributed by atoms with Crippen LogP contribution in [0, 0.1) is 12.8 Å². The predicted molar refractivity (Wildman–Crippen MR) is 101 cm³/mol. The Labute approximate surface area is 150 Å². The molecule has 2 aromatic carbocycles. The number of aryl methyl sites for hydroxylation is 1. The quantitative estimate of drug-likeness (QED) is 0.785. The van der Waals surface area contributed by atoms with Crippen molar-refractivity contribution in [2.75, 3.05) is 23.8 Å².